The van der Waals surface area contributed by atoms with Gasteiger partial charge in [0.25, 0.3) is 5.91 Å². The quantitative estimate of drug-likeness (QED) is 0.657. The van der Waals surface area contributed by atoms with Gasteiger partial charge in [-0.1, -0.05) is 0 Å². The van der Waals surface area contributed by atoms with E-state index in [1.807, 2.05) is 0 Å². The lowest BCUT2D eigenvalue weighted by atomic mass is 10.4. The van der Waals surface area contributed by atoms with Gasteiger partial charge in [0.15, 0.2) is 0 Å². The van der Waals surface area contributed by atoms with Crippen molar-refractivity contribution in [2.24, 2.45) is 5.73 Å². The van der Waals surface area contributed by atoms with Gasteiger partial charge in [0, 0.05) is 0 Å². The molecule has 0 atom stereocenters. The summed E-state index contributed by atoms with van der Waals surface area (Å²) < 4.78 is 0. The maximum Gasteiger partial charge on any atom is 0.265 e. The Morgan fingerprint density at radius 1 is 1.73 bits per heavy atom. The predicted molar refractivity (Wildman–Crippen MR) is 42.5 cm³/mol. The molecule has 11 heavy (non-hydrogen) atoms. The van der Waals surface area contributed by atoms with Gasteiger partial charge in [0.05, 0.1) is 5.51 Å². The van der Waals surface area contributed by atoms with Crippen LogP contribution >= 0.6 is 11.3 Å². The van der Waals surface area contributed by atoms with E-state index >= 15 is 0 Å². The highest BCUT2D eigenvalue weighted by Crippen LogP contribution is 2.17. The molecule has 56 valence electrons. The van der Waals surface area contributed by atoms with E-state index in [9.17, 15) is 4.79 Å². The second-order valence-electron chi connectivity index (χ2n) is 2.11. The van der Waals surface area contributed by atoms with Crippen LogP contribution in [0.3, 0.4) is 0 Å². The molecule has 0 saturated carbocycles. The van der Waals surface area contributed by atoms with Crippen molar-refractivity contribution in [2.45, 2.75) is 0 Å². The number of thiazole rings is 1. The minimum atomic E-state index is -0.449. The predicted octanol–water partition coefficient (Wildman–Crippen LogP) is 0.723. The smallest absolute Gasteiger partial charge is 0.265 e. The first-order valence-corrected chi connectivity index (χ1v) is 3.87. The van der Waals surface area contributed by atoms with Gasteiger partial charge < -0.3 is 10.7 Å². The standard InChI is InChI=1S/C6H5N3OS/c7-5(10)3-1-4-6(9-3)11-2-8-4/h1-2,9H,(H2,7,10). The molecule has 2 aromatic heterocycles. The van der Waals surface area contributed by atoms with Crippen molar-refractivity contribution in [3.8, 4) is 0 Å². The lowest BCUT2D eigenvalue weighted by Gasteiger charge is -1.83. The number of rotatable bonds is 1. The number of carbonyl (C=O) groups is 1. The molecule has 0 bridgehead atoms. The first-order valence-electron chi connectivity index (χ1n) is 2.99. The van der Waals surface area contributed by atoms with E-state index in [1.165, 1.54) is 11.3 Å². The molecule has 0 aliphatic carbocycles. The van der Waals surface area contributed by atoms with E-state index in [0.717, 1.165) is 10.3 Å². The second kappa shape index (κ2) is 2.06. The fourth-order valence-electron chi connectivity index (χ4n) is 0.879. The molecule has 0 spiro atoms. The molecular formula is C6H5N3OS. The number of carbonyl (C=O) groups excluding carboxylic acids is 1. The van der Waals surface area contributed by atoms with Crippen molar-refractivity contribution in [3.05, 3.63) is 17.3 Å². The van der Waals surface area contributed by atoms with Crippen LogP contribution in [0.1, 0.15) is 10.5 Å². The minimum absolute atomic E-state index is 0.416. The zero-order valence-corrected chi connectivity index (χ0v) is 6.31. The first kappa shape index (κ1) is 6.36. The number of fused-ring (bicyclic) bond motifs is 1. The normalized spacial score (nSPS) is 10.5. The summed E-state index contributed by atoms with van der Waals surface area (Å²) in [7, 11) is 0. The Labute approximate surface area is 66.0 Å². The number of amides is 1. The number of primary amides is 1. The minimum Gasteiger partial charge on any atom is -0.364 e. The maximum atomic E-state index is 10.6. The Morgan fingerprint density at radius 2 is 2.55 bits per heavy atom. The van der Waals surface area contributed by atoms with Gasteiger partial charge in [-0.05, 0) is 6.07 Å². The Hall–Kier alpha value is -1.36. The number of hydrogen-bond acceptors (Lipinski definition) is 3. The molecule has 3 N–H and O–H groups in total. The van der Waals surface area contributed by atoms with Crippen molar-refractivity contribution in [1.29, 1.82) is 0 Å². The number of H-pyrrole nitrogens is 1. The van der Waals surface area contributed by atoms with Crippen LogP contribution in [0.15, 0.2) is 11.6 Å². The van der Waals surface area contributed by atoms with Crippen LogP contribution in [0.2, 0.25) is 0 Å². The number of nitrogens with two attached hydrogens (primary N) is 1. The molecule has 2 heterocycles. The summed E-state index contributed by atoms with van der Waals surface area (Å²) in [6, 6.07) is 1.65. The lowest BCUT2D eigenvalue weighted by Crippen LogP contribution is -2.10. The third-order valence-electron chi connectivity index (χ3n) is 1.39. The van der Waals surface area contributed by atoms with Crippen LogP contribution in [0, 0.1) is 0 Å². The second-order valence-corrected chi connectivity index (χ2v) is 2.97. The average molecular weight is 167 g/mol. The summed E-state index contributed by atoms with van der Waals surface area (Å²) >= 11 is 1.45. The van der Waals surface area contributed by atoms with Crippen molar-refractivity contribution >= 4 is 27.6 Å². The van der Waals surface area contributed by atoms with E-state index in [2.05, 4.69) is 9.97 Å². The van der Waals surface area contributed by atoms with Crippen LogP contribution < -0.4 is 5.73 Å². The van der Waals surface area contributed by atoms with Crippen molar-refractivity contribution < 1.29 is 4.79 Å². The molecule has 0 aliphatic rings. The Balaban J connectivity index is 2.67. The van der Waals surface area contributed by atoms with E-state index in [0.29, 0.717) is 5.69 Å². The summed E-state index contributed by atoms with van der Waals surface area (Å²) in [6.07, 6.45) is 0. The fourth-order valence-corrected chi connectivity index (χ4v) is 1.55. The van der Waals surface area contributed by atoms with E-state index < -0.39 is 5.91 Å². The topological polar surface area (TPSA) is 71.8 Å². The van der Waals surface area contributed by atoms with E-state index in [4.69, 9.17) is 5.73 Å². The molecule has 5 heteroatoms. The molecule has 0 saturated heterocycles. The number of nitrogens with one attached hydrogen (secondary N) is 1. The molecule has 0 aromatic carbocycles. The summed E-state index contributed by atoms with van der Waals surface area (Å²) in [6.45, 7) is 0. The molecule has 0 unspecified atom stereocenters. The highest BCUT2D eigenvalue weighted by atomic mass is 32.1. The molecule has 2 aromatic rings. The van der Waals surface area contributed by atoms with Crippen LogP contribution in [0.25, 0.3) is 10.3 Å². The maximum absolute atomic E-state index is 10.6. The van der Waals surface area contributed by atoms with Gasteiger partial charge in [0.2, 0.25) is 0 Å². The van der Waals surface area contributed by atoms with Gasteiger partial charge in [-0.2, -0.15) is 0 Å². The number of hydrogen-bond donors (Lipinski definition) is 2. The zero-order chi connectivity index (χ0) is 7.84. The Morgan fingerprint density at radius 3 is 3.18 bits per heavy atom. The van der Waals surface area contributed by atoms with Gasteiger partial charge in [-0.3, -0.25) is 4.79 Å². The Bertz CT molecular complexity index is 374. The fraction of sp³-hybridized carbons (Fsp3) is 0. The molecule has 0 aliphatic heterocycles. The molecule has 4 nitrogen and oxygen atoms in total. The molecular weight excluding hydrogens is 162 g/mol. The summed E-state index contributed by atoms with van der Waals surface area (Å²) in [5.41, 5.74) is 7.97. The SMILES string of the molecule is NC(=O)c1cc2ncsc2[nH]1. The number of aromatic nitrogens is 2. The van der Waals surface area contributed by atoms with Crippen LogP contribution in [-0.4, -0.2) is 15.9 Å². The highest BCUT2D eigenvalue weighted by molar-refractivity contribution is 7.16. The lowest BCUT2D eigenvalue weighted by molar-refractivity contribution is 0.0996. The van der Waals surface area contributed by atoms with E-state index in [1.54, 1.807) is 11.6 Å². The molecule has 2 rings (SSSR count). The monoisotopic (exact) mass is 167 g/mol. The van der Waals surface area contributed by atoms with Crippen LogP contribution in [0.5, 0.6) is 0 Å². The number of aromatic amines is 1. The summed E-state index contributed by atoms with van der Waals surface area (Å²) in [5.74, 6) is -0.449. The van der Waals surface area contributed by atoms with Gasteiger partial charge in [-0.25, -0.2) is 4.98 Å². The largest absolute Gasteiger partial charge is 0.364 e. The summed E-state index contributed by atoms with van der Waals surface area (Å²) in [4.78, 5) is 18.4. The third-order valence-corrected chi connectivity index (χ3v) is 2.15. The van der Waals surface area contributed by atoms with Crippen LogP contribution in [0.4, 0.5) is 0 Å². The molecule has 0 fully saturated rings. The van der Waals surface area contributed by atoms with E-state index in [-0.39, 0.29) is 0 Å². The van der Waals surface area contributed by atoms with Crippen molar-refractivity contribution in [2.75, 3.05) is 0 Å². The highest BCUT2D eigenvalue weighted by Gasteiger charge is 2.05. The summed E-state index contributed by atoms with van der Waals surface area (Å²) in [5, 5.41) is 0. The first-order chi connectivity index (χ1) is 5.27. The van der Waals surface area contributed by atoms with Gasteiger partial charge >= 0.3 is 0 Å². The average Bonchev–Trinajstić information content (AvgIpc) is 2.40. The third kappa shape index (κ3) is 0.894. The molecule has 1 amide bonds. The van der Waals surface area contributed by atoms with Crippen molar-refractivity contribution in [1.82, 2.24) is 9.97 Å². The zero-order valence-electron chi connectivity index (χ0n) is 5.50. The Kier molecular flexibility index (Phi) is 1.19. The molecule has 0 radical (unpaired) electrons. The van der Waals surface area contributed by atoms with Gasteiger partial charge in [-0.15, -0.1) is 11.3 Å². The number of nitrogens with zero attached hydrogens (tertiary/aromatic N) is 1. The van der Waals surface area contributed by atoms with Gasteiger partial charge in [0.1, 0.15) is 16.0 Å². The van der Waals surface area contributed by atoms with Crippen molar-refractivity contribution in [3.63, 3.8) is 0 Å². The van der Waals surface area contributed by atoms with Crippen LogP contribution in [-0.2, 0) is 0 Å².